The Morgan fingerprint density at radius 3 is 2.77 bits per heavy atom. The Morgan fingerprint density at radius 2 is 2.00 bits per heavy atom. The minimum atomic E-state index is -0.336. The number of likely N-dealkylation sites (tertiary alicyclic amines) is 1. The van der Waals surface area contributed by atoms with E-state index in [1.165, 1.54) is 24.3 Å². The van der Waals surface area contributed by atoms with Crippen molar-refractivity contribution in [2.45, 2.75) is 18.8 Å². The summed E-state index contributed by atoms with van der Waals surface area (Å²) >= 11 is 0. The standard InChI is InChI=1S/C20H19FN4O/c21-16-8-6-14(7-9-16)20(26)25-11-3-4-15(13-25)18-12-19(24-23-18)17-5-1-2-10-22-17/h1-2,5-10,12,15H,3-4,11,13H2,(H,23,24)/t15-/m0/s1. The van der Waals surface area contributed by atoms with E-state index >= 15 is 0 Å². The lowest BCUT2D eigenvalue weighted by Gasteiger charge is -2.32. The molecule has 3 aromatic rings. The maximum absolute atomic E-state index is 13.1. The van der Waals surface area contributed by atoms with Gasteiger partial charge in [-0.3, -0.25) is 14.9 Å². The number of rotatable bonds is 3. The summed E-state index contributed by atoms with van der Waals surface area (Å²) in [6.45, 7) is 1.34. The van der Waals surface area contributed by atoms with Crippen LogP contribution < -0.4 is 0 Å². The molecule has 1 N–H and O–H groups in total. The fourth-order valence-corrected chi connectivity index (χ4v) is 3.38. The van der Waals surface area contributed by atoms with Gasteiger partial charge in [0.1, 0.15) is 11.5 Å². The zero-order valence-corrected chi connectivity index (χ0v) is 14.2. The van der Waals surface area contributed by atoms with Crippen molar-refractivity contribution in [3.05, 3.63) is 71.8 Å². The molecule has 2 aromatic heterocycles. The maximum atomic E-state index is 13.1. The van der Waals surface area contributed by atoms with Gasteiger partial charge in [0.05, 0.1) is 5.69 Å². The smallest absolute Gasteiger partial charge is 0.253 e. The highest BCUT2D eigenvalue weighted by atomic mass is 19.1. The average Bonchev–Trinajstić information content (AvgIpc) is 3.19. The van der Waals surface area contributed by atoms with Crippen LogP contribution in [0.4, 0.5) is 4.39 Å². The van der Waals surface area contributed by atoms with Crippen molar-refractivity contribution in [2.75, 3.05) is 13.1 Å². The molecule has 1 fully saturated rings. The summed E-state index contributed by atoms with van der Waals surface area (Å²) in [7, 11) is 0. The maximum Gasteiger partial charge on any atom is 0.253 e. The van der Waals surface area contributed by atoms with Crippen molar-refractivity contribution in [2.24, 2.45) is 0 Å². The Balaban J connectivity index is 1.49. The summed E-state index contributed by atoms with van der Waals surface area (Å²) in [6, 6.07) is 13.5. The third-order valence-corrected chi connectivity index (χ3v) is 4.76. The molecule has 0 spiro atoms. The zero-order chi connectivity index (χ0) is 17.9. The highest BCUT2D eigenvalue weighted by Crippen LogP contribution is 2.28. The first-order valence-corrected chi connectivity index (χ1v) is 8.72. The van der Waals surface area contributed by atoms with Crippen LogP contribution in [0.3, 0.4) is 0 Å². The molecule has 3 heterocycles. The number of aromatic amines is 1. The number of halogens is 1. The molecule has 1 aromatic carbocycles. The molecule has 1 aliphatic heterocycles. The van der Waals surface area contributed by atoms with Gasteiger partial charge in [-0.25, -0.2) is 4.39 Å². The molecule has 1 saturated heterocycles. The largest absolute Gasteiger partial charge is 0.338 e. The van der Waals surface area contributed by atoms with Gasteiger partial charge in [0.25, 0.3) is 5.91 Å². The molecule has 132 valence electrons. The first-order chi connectivity index (χ1) is 12.7. The third kappa shape index (κ3) is 3.35. The normalized spacial score (nSPS) is 17.3. The Bertz CT molecular complexity index is 892. The molecule has 26 heavy (non-hydrogen) atoms. The van der Waals surface area contributed by atoms with Crippen molar-refractivity contribution in [1.29, 1.82) is 0 Å². The molecule has 1 atom stereocenters. The van der Waals surface area contributed by atoms with Crippen LogP contribution in [0, 0.1) is 5.82 Å². The molecule has 0 unspecified atom stereocenters. The minimum Gasteiger partial charge on any atom is -0.338 e. The van der Waals surface area contributed by atoms with E-state index < -0.39 is 0 Å². The summed E-state index contributed by atoms with van der Waals surface area (Å²) in [5.74, 6) is -0.185. The predicted molar refractivity (Wildman–Crippen MR) is 96.1 cm³/mol. The molecular weight excluding hydrogens is 331 g/mol. The monoisotopic (exact) mass is 350 g/mol. The molecule has 0 radical (unpaired) electrons. The summed E-state index contributed by atoms with van der Waals surface area (Å²) in [5, 5.41) is 7.47. The Hall–Kier alpha value is -3.02. The highest BCUT2D eigenvalue weighted by Gasteiger charge is 2.27. The number of carbonyl (C=O) groups is 1. The third-order valence-electron chi connectivity index (χ3n) is 4.76. The van der Waals surface area contributed by atoms with Crippen LogP contribution in [0.1, 0.15) is 34.8 Å². The topological polar surface area (TPSA) is 61.9 Å². The van der Waals surface area contributed by atoms with Gasteiger partial charge >= 0.3 is 0 Å². The van der Waals surface area contributed by atoms with Gasteiger partial charge in [-0.2, -0.15) is 5.10 Å². The molecule has 0 aliphatic carbocycles. The Labute approximate surface area is 150 Å². The number of H-pyrrole nitrogens is 1. The van der Waals surface area contributed by atoms with Crippen molar-refractivity contribution >= 4 is 5.91 Å². The number of carbonyl (C=O) groups excluding carboxylic acids is 1. The lowest BCUT2D eigenvalue weighted by atomic mass is 9.94. The van der Waals surface area contributed by atoms with E-state index in [1.807, 2.05) is 29.2 Å². The molecular formula is C20H19FN4O. The van der Waals surface area contributed by atoms with E-state index in [0.29, 0.717) is 18.7 Å². The van der Waals surface area contributed by atoms with E-state index in [0.717, 1.165) is 29.9 Å². The fraction of sp³-hybridized carbons (Fsp3) is 0.250. The molecule has 0 bridgehead atoms. The quantitative estimate of drug-likeness (QED) is 0.785. The Kier molecular flexibility index (Phi) is 4.48. The van der Waals surface area contributed by atoms with Crippen molar-refractivity contribution in [1.82, 2.24) is 20.1 Å². The van der Waals surface area contributed by atoms with E-state index in [4.69, 9.17) is 0 Å². The van der Waals surface area contributed by atoms with Gasteiger partial charge in [0.2, 0.25) is 0 Å². The SMILES string of the molecule is O=C(c1ccc(F)cc1)N1CCC[C@H](c2cc(-c3ccccn3)n[nH]2)C1. The van der Waals surface area contributed by atoms with Gasteiger partial charge in [0, 0.05) is 36.5 Å². The van der Waals surface area contributed by atoms with Crippen LogP contribution in [-0.2, 0) is 0 Å². The van der Waals surface area contributed by atoms with Crippen LogP contribution in [0.5, 0.6) is 0 Å². The van der Waals surface area contributed by atoms with Crippen LogP contribution in [-0.4, -0.2) is 39.1 Å². The van der Waals surface area contributed by atoms with E-state index in [9.17, 15) is 9.18 Å². The van der Waals surface area contributed by atoms with E-state index in [1.54, 1.807) is 6.20 Å². The summed E-state index contributed by atoms with van der Waals surface area (Å²) in [6.07, 6.45) is 3.67. The molecule has 1 aliphatic rings. The average molecular weight is 350 g/mol. The van der Waals surface area contributed by atoms with Crippen molar-refractivity contribution < 1.29 is 9.18 Å². The lowest BCUT2D eigenvalue weighted by molar-refractivity contribution is 0.0706. The van der Waals surface area contributed by atoms with Crippen LogP contribution in [0.25, 0.3) is 11.4 Å². The number of hydrogen-bond acceptors (Lipinski definition) is 3. The van der Waals surface area contributed by atoms with Gasteiger partial charge in [-0.1, -0.05) is 6.07 Å². The van der Waals surface area contributed by atoms with Crippen LogP contribution >= 0.6 is 0 Å². The van der Waals surface area contributed by atoms with Crippen LogP contribution in [0.15, 0.2) is 54.7 Å². The molecule has 4 rings (SSSR count). The van der Waals surface area contributed by atoms with Crippen molar-refractivity contribution in [3.63, 3.8) is 0 Å². The minimum absolute atomic E-state index is 0.0563. The number of piperidine rings is 1. The molecule has 5 nitrogen and oxygen atoms in total. The number of amides is 1. The number of benzene rings is 1. The number of hydrogen-bond donors (Lipinski definition) is 1. The van der Waals surface area contributed by atoms with Crippen molar-refractivity contribution in [3.8, 4) is 11.4 Å². The van der Waals surface area contributed by atoms with Gasteiger partial charge in [-0.15, -0.1) is 0 Å². The number of nitrogens with one attached hydrogen (secondary N) is 1. The second-order valence-corrected chi connectivity index (χ2v) is 6.52. The fourth-order valence-electron chi connectivity index (χ4n) is 3.38. The van der Waals surface area contributed by atoms with E-state index in [2.05, 4.69) is 15.2 Å². The first kappa shape index (κ1) is 16.4. The lowest BCUT2D eigenvalue weighted by Crippen LogP contribution is -2.39. The molecule has 0 saturated carbocycles. The van der Waals surface area contributed by atoms with Gasteiger partial charge in [-0.05, 0) is 55.3 Å². The number of aromatic nitrogens is 3. The summed E-state index contributed by atoms with van der Waals surface area (Å²) in [5.41, 5.74) is 3.17. The number of pyridine rings is 1. The molecule has 1 amide bonds. The predicted octanol–water partition coefficient (Wildman–Crippen LogP) is 3.63. The van der Waals surface area contributed by atoms with E-state index in [-0.39, 0.29) is 17.6 Å². The Morgan fingerprint density at radius 1 is 1.15 bits per heavy atom. The van der Waals surface area contributed by atoms with Crippen LogP contribution in [0.2, 0.25) is 0 Å². The highest BCUT2D eigenvalue weighted by molar-refractivity contribution is 5.94. The summed E-state index contributed by atoms with van der Waals surface area (Å²) in [4.78, 5) is 18.8. The van der Waals surface area contributed by atoms with Gasteiger partial charge < -0.3 is 4.90 Å². The second-order valence-electron chi connectivity index (χ2n) is 6.52. The molecule has 6 heteroatoms. The number of nitrogens with zero attached hydrogens (tertiary/aromatic N) is 3. The van der Waals surface area contributed by atoms with Gasteiger partial charge in [0.15, 0.2) is 0 Å². The second kappa shape index (κ2) is 7.07. The first-order valence-electron chi connectivity index (χ1n) is 8.72. The summed E-state index contributed by atoms with van der Waals surface area (Å²) < 4.78 is 13.1. The zero-order valence-electron chi connectivity index (χ0n) is 14.2.